The number of carboxylic acids is 1. The molecule has 0 bridgehead atoms. The predicted octanol–water partition coefficient (Wildman–Crippen LogP) is 2.10. The summed E-state index contributed by atoms with van der Waals surface area (Å²) in [6.07, 6.45) is 3.46. The summed E-state index contributed by atoms with van der Waals surface area (Å²) < 4.78 is 5.41. The molecule has 4 nitrogen and oxygen atoms in total. The van der Waals surface area contributed by atoms with Gasteiger partial charge in [0.15, 0.2) is 0 Å². The van der Waals surface area contributed by atoms with Crippen LogP contribution in [-0.2, 0) is 22.4 Å². The van der Waals surface area contributed by atoms with Gasteiger partial charge in [-0.25, -0.2) is 0 Å². The number of anilines is 1. The van der Waals surface area contributed by atoms with Gasteiger partial charge in [0.25, 0.3) is 0 Å². The molecule has 20 heavy (non-hydrogen) atoms. The molecule has 2 heterocycles. The number of carboxylic acid groups (broad SMARTS) is 1. The van der Waals surface area contributed by atoms with Crippen LogP contribution in [0.3, 0.4) is 0 Å². The Balaban J connectivity index is 1.72. The van der Waals surface area contributed by atoms with E-state index in [0.717, 1.165) is 51.1 Å². The van der Waals surface area contributed by atoms with Gasteiger partial charge in [-0.3, -0.25) is 4.79 Å². The Labute approximate surface area is 119 Å². The predicted molar refractivity (Wildman–Crippen MR) is 77.2 cm³/mol. The second-order valence-corrected chi connectivity index (χ2v) is 5.79. The van der Waals surface area contributed by atoms with Crippen LogP contribution in [0.4, 0.5) is 5.69 Å². The van der Waals surface area contributed by atoms with E-state index in [2.05, 4.69) is 17.0 Å². The van der Waals surface area contributed by atoms with E-state index in [4.69, 9.17) is 9.84 Å². The van der Waals surface area contributed by atoms with Crippen LogP contribution in [0.25, 0.3) is 0 Å². The molecule has 1 aromatic carbocycles. The van der Waals surface area contributed by atoms with Crippen LogP contribution in [0.5, 0.6) is 0 Å². The van der Waals surface area contributed by atoms with Crippen molar-refractivity contribution in [3.63, 3.8) is 0 Å². The molecule has 0 saturated carbocycles. The van der Waals surface area contributed by atoms with Crippen molar-refractivity contribution in [1.82, 2.24) is 0 Å². The van der Waals surface area contributed by atoms with E-state index < -0.39 is 5.97 Å². The number of rotatable bonds is 4. The van der Waals surface area contributed by atoms with E-state index in [0.29, 0.717) is 5.92 Å². The molecular weight excluding hydrogens is 254 g/mol. The van der Waals surface area contributed by atoms with Crippen LogP contribution in [0.1, 0.15) is 24.0 Å². The fraction of sp³-hybridized carbons (Fsp3) is 0.562. The van der Waals surface area contributed by atoms with E-state index in [1.54, 1.807) is 0 Å². The number of fused-ring (bicyclic) bond motifs is 1. The van der Waals surface area contributed by atoms with Crippen molar-refractivity contribution >= 4 is 11.7 Å². The lowest BCUT2D eigenvalue weighted by Gasteiger charge is -2.28. The topological polar surface area (TPSA) is 49.8 Å². The third-order valence-electron chi connectivity index (χ3n) is 4.32. The molecule has 108 valence electrons. The molecule has 0 spiro atoms. The molecule has 1 aromatic rings. The van der Waals surface area contributed by atoms with E-state index >= 15 is 0 Å². The Kier molecular flexibility index (Phi) is 3.92. The van der Waals surface area contributed by atoms with E-state index in [-0.39, 0.29) is 6.42 Å². The lowest BCUT2D eigenvalue weighted by molar-refractivity contribution is -0.136. The zero-order chi connectivity index (χ0) is 13.9. The molecule has 0 radical (unpaired) electrons. The second kappa shape index (κ2) is 5.83. The Bertz CT molecular complexity index is 494. The number of benzene rings is 1. The Morgan fingerprint density at radius 2 is 2.15 bits per heavy atom. The fourth-order valence-corrected chi connectivity index (χ4v) is 3.21. The third kappa shape index (κ3) is 2.96. The zero-order valence-corrected chi connectivity index (χ0v) is 11.7. The first-order chi connectivity index (χ1) is 9.72. The maximum atomic E-state index is 10.8. The normalized spacial score (nSPS) is 19.1. The average molecular weight is 275 g/mol. The molecule has 2 aliphatic rings. The molecule has 1 N–H and O–H groups in total. The highest BCUT2D eigenvalue weighted by Gasteiger charge is 2.23. The van der Waals surface area contributed by atoms with Crippen molar-refractivity contribution in [1.29, 1.82) is 0 Å². The first-order valence-corrected chi connectivity index (χ1v) is 7.38. The second-order valence-electron chi connectivity index (χ2n) is 5.79. The maximum Gasteiger partial charge on any atom is 0.307 e. The van der Waals surface area contributed by atoms with Gasteiger partial charge in [0.05, 0.1) is 6.42 Å². The molecule has 3 rings (SSSR count). The summed E-state index contributed by atoms with van der Waals surface area (Å²) in [5.74, 6) is -0.0586. The maximum absolute atomic E-state index is 10.8. The average Bonchev–Trinajstić information content (AvgIpc) is 2.82. The third-order valence-corrected chi connectivity index (χ3v) is 4.32. The van der Waals surface area contributed by atoms with Crippen LogP contribution in [0, 0.1) is 5.92 Å². The zero-order valence-electron chi connectivity index (χ0n) is 11.7. The minimum atomic E-state index is -0.765. The van der Waals surface area contributed by atoms with Crippen LogP contribution >= 0.6 is 0 Å². The van der Waals surface area contributed by atoms with Gasteiger partial charge >= 0.3 is 5.97 Å². The van der Waals surface area contributed by atoms with Gasteiger partial charge in [-0.05, 0) is 42.4 Å². The first kappa shape index (κ1) is 13.4. The van der Waals surface area contributed by atoms with Gasteiger partial charge in [-0.15, -0.1) is 0 Å². The molecule has 1 fully saturated rings. The quantitative estimate of drug-likeness (QED) is 0.914. The smallest absolute Gasteiger partial charge is 0.307 e. The minimum absolute atomic E-state index is 0.110. The molecule has 0 unspecified atom stereocenters. The molecular formula is C16H21NO3. The van der Waals surface area contributed by atoms with Crippen molar-refractivity contribution < 1.29 is 14.6 Å². The standard InChI is InChI=1S/C16H21NO3/c18-16(19)10-13-1-2-14-3-6-17(15(14)9-13)11-12-4-7-20-8-5-12/h1-2,9,12H,3-8,10-11H2,(H,18,19). The number of hydrogen-bond acceptors (Lipinski definition) is 3. The number of ether oxygens (including phenoxy) is 1. The highest BCUT2D eigenvalue weighted by atomic mass is 16.5. The number of hydrogen-bond donors (Lipinski definition) is 1. The van der Waals surface area contributed by atoms with E-state index in [9.17, 15) is 4.79 Å². The molecule has 0 atom stereocenters. The molecule has 4 heteroatoms. The summed E-state index contributed by atoms with van der Waals surface area (Å²) >= 11 is 0. The number of aliphatic carboxylic acids is 1. The van der Waals surface area contributed by atoms with Crippen LogP contribution in [-0.4, -0.2) is 37.4 Å². The Morgan fingerprint density at radius 1 is 1.35 bits per heavy atom. The van der Waals surface area contributed by atoms with Gasteiger partial charge in [0.2, 0.25) is 0 Å². The van der Waals surface area contributed by atoms with Gasteiger partial charge < -0.3 is 14.7 Å². The summed E-state index contributed by atoms with van der Waals surface area (Å²) in [5, 5.41) is 8.91. The lowest BCUT2D eigenvalue weighted by Crippen LogP contribution is -2.31. The largest absolute Gasteiger partial charge is 0.481 e. The number of carbonyl (C=O) groups is 1. The SMILES string of the molecule is O=C(O)Cc1ccc2c(c1)N(CC1CCOCC1)CC2. The van der Waals surface area contributed by atoms with Crippen LogP contribution in [0.2, 0.25) is 0 Å². The van der Waals surface area contributed by atoms with Crippen molar-refractivity contribution in [3.8, 4) is 0 Å². The highest BCUT2D eigenvalue weighted by Crippen LogP contribution is 2.31. The summed E-state index contributed by atoms with van der Waals surface area (Å²) in [7, 11) is 0. The van der Waals surface area contributed by atoms with Gasteiger partial charge in [0, 0.05) is 32.0 Å². The highest BCUT2D eigenvalue weighted by molar-refractivity contribution is 5.71. The molecule has 1 saturated heterocycles. The molecule has 0 amide bonds. The van der Waals surface area contributed by atoms with Crippen molar-refractivity contribution in [2.24, 2.45) is 5.92 Å². The number of nitrogens with zero attached hydrogens (tertiary/aromatic N) is 1. The van der Waals surface area contributed by atoms with Crippen LogP contribution in [0.15, 0.2) is 18.2 Å². The van der Waals surface area contributed by atoms with Crippen molar-refractivity contribution in [2.45, 2.75) is 25.7 Å². The molecule has 2 aliphatic heterocycles. The summed E-state index contributed by atoms with van der Waals surface area (Å²) in [6, 6.07) is 6.11. The molecule has 0 aliphatic carbocycles. The van der Waals surface area contributed by atoms with E-state index in [1.807, 2.05) is 6.07 Å². The van der Waals surface area contributed by atoms with Gasteiger partial charge in [-0.2, -0.15) is 0 Å². The Morgan fingerprint density at radius 3 is 2.90 bits per heavy atom. The fourth-order valence-electron chi connectivity index (χ4n) is 3.21. The monoisotopic (exact) mass is 275 g/mol. The van der Waals surface area contributed by atoms with Gasteiger partial charge in [-0.1, -0.05) is 12.1 Å². The summed E-state index contributed by atoms with van der Waals surface area (Å²) in [4.78, 5) is 13.3. The van der Waals surface area contributed by atoms with Crippen molar-refractivity contribution in [2.75, 3.05) is 31.2 Å². The van der Waals surface area contributed by atoms with Crippen molar-refractivity contribution in [3.05, 3.63) is 29.3 Å². The van der Waals surface area contributed by atoms with Crippen LogP contribution < -0.4 is 4.90 Å². The Hall–Kier alpha value is -1.55. The van der Waals surface area contributed by atoms with Gasteiger partial charge in [0.1, 0.15) is 0 Å². The summed E-state index contributed by atoms with van der Waals surface area (Å²) in [5.41, 5.74) is 3.50. The minimum Gasteiger partial charge on any atom is -0.481 e. The lowest BCUT2D eigenvalue weighted by atomic mass is 9.99. The molecule has 0 aromatic heterocycles. The van der Waals surface area contributed by atoms with E-state index in [1.165, 1.54) is 11.3 Å². The first-order valence-electron chi connectivity index (χ1n) is 7.38. The summed E-state index contributed by atoms with van der Waals surface area (Å²) in [6.45, 7) is 3.89.